The molecule has 0 saturated carbocycles. The van der Waals surface area contributed by atoms with E-state index in [9.17, 15) is 13.2 Å². The first-order chi connectivity index (χ1) is 12.9. The molecule has 2 aromatic rings. The Bertz CT molecular complexity index is 937. The van der Waals surface area contributed by atoms with Crippen LogP contribution in [0.1, 0.15) is 15.9 Å². The third kappa shape index (κ3) is 4.23. The van der Waals surface area contributed by atoms with Crippen LogP contribution >= 0.6 is 0 Å². The molecule has 3 rings (SSSR count). The van der Waals surface area contributed by atoms with Gasteiger partial charge in [-0.15, -0.1) is 0 Å². The number of rotatable bonds is 5. The van der Waals surface area contributed by atoms with E-state index in [1.807, 2.05) is 0 Å². The molecule has 1 N–H and O–H groups in total. The van der Waals surface area contributed by atoms with Crippen molar-refractivity contribution in [3.05, 3.63) is 53.6 Å². The standard InChI is InChI=1S/C19H22N2O5S/c1-14-7-8-15(19(22)21-9-11-26-12-10-21)13-18(14)27(23,24)20-16-5-3-4-6-17(16)25-2/h3-8,13,20H,9-12H2,1-2H3. The summed E-state index contributed by atoms with van der Waals surface area (Å²) in [6.07, 6.45) is 0. The predicted molar refractivity (Wildman–Crippen MR) is 102 cm³/mol. The molecule has 1 aliphatic heterocycles. The molecule has 1 fully saturated rings. The zero-order chi connectivity index (χ0) is 19.4. The van der Waals surface area contributed by atoms with Gasteiger partial charge in [0.15, 0.2) is 0 Å². The Morgan fingerprint density at radius 2 is 1.85 bits per heavy atom. The van der Waals surface area contributed by atoms with Crippen molar-refractivity contribution in [1.82, 2.24) is 4.90 Å². The third-order valence-electron chi connectivity index (χ3n) is 4.37. The molecule has 0 bridgehead atoms. The topological polar surface area (TPSA) is 84.9 Å². The summed E-state index contributed by atoms with van der Waals surface area (Å²) in [6, 6.07) is 11.5. The van der Waals surface area contributed by atoms with Crippen molar-refractivity contribution >= 4 is 21.6 Å². The second-order valence-electron chi connectivity index (χ2n) is 6.19. The fraction of sp³-hybridized carbons (Fsp3) is 0.316. The number of aryl methyl sites for hydroxylation is 1. The van der Waals surface area contributed by atoms with Gasteiger partial charge in [-0.25, -0.2) is 8.42 Å². The number of benzene rings is 2. The van der Waals surface area contributed by atoms with E-state index in [-0.39, 0.29) is 10.8 Å². The van der Waals surface area contributed by atoms with Gasteiger partial charge >= 0.3 is 0 Å². The second kappa shape index (κ2) is 7.98. The van der Waals surface area contributed by atoms with Gasteiger partial charge in [0.05, 0.1) is 30.9 Å². The van der Waals surface area contributed by atoms with Crippen molar-refractivity contribution in [1.29, 1.82) is 0 Å². The van der Waals surface area contributed by atoms with Crippen LogP contribution in [0.25, 0.3) is 0 Å². The molecule has 7 nitrogen and oxygen atoms in total. The van der Waals surface area contributed by atoms with E-state index >= 15 is 0 Å². The normalized spacial score (nSPS) is 14.7. The highest BCUT2D eigenvalue weighted by Crippen LogP contribution is 2.27. The lowest BCUT2D eigenvalue weighted by Gasteiger charge is -2.27. The van der Waals surface area contributed by atoms with Gasteiger partial charge in [-0.2, -0.15) is 0 Å². The summed E-state index contributed by atoms with van der Waals surface area (Å²) in [5, 5.41) is 0. The highest BCUT2D eigenvalue weighted by molar-refractivity contribution is 7.92. The molecule has 1 saturated heterocycles. The van der Waals surface area contributed by atoms with Crippen molar-refractivity contribution in [2.45, 2.75) is 11.8 Å². The minimum absolute atomic E-state index is 0.0625. The number of para-hydroxylation sites is 2. The Kier molecular flexibility index (Phi) is 5.67. The lowest BCUT2D eigenvalue weighted by Crippen LogP contribution is -2.40. The number of amides is 1. The van der Waals surface area contributed by atoms with Crippen LogP contribution in [0.3, 0.4) is 0 Å². The van der Waals surface area contributed by atoms with Gasteiger partial charge in [-0.3, -0.25) is 9.52 Å². The van der Waals surface area contributed by atoms with Crippen LogP contribution in [0.4, 0.5) is 5.69 Å². The van der Waals surface area contributed by atoms with E-state index in [1.165, 1.54) is 13.2 Å². The molecule has 2 aromatic carbocycles. The van der Waals surface area contributed by atoms with E-state index in [2.05, 4.69) is 4.72 Å². The first-order valence-electron chi connectivity index (χ1n) is 8.56. The van der Waals surface area contributed by atoms with E-state index in [0.29, 0.717) is 48.9 Å². The van der Waals surface area contributed by atoms with Crippen LogP contribution in [0.15, 0.2) is 47.4 Å². The number of carbonyl (C=O) groups excluding carboxylic acids is 1. The molecule has 8 heteroatoms. The summed E-state index contributed by atoms with van der Waals surface area (Å²) in [4.78, 5) is 14.4. The van der Waals surface area contributed by atoms with Crippen molar-refractivity contribution < 1.29 is 22.7 Å². The summed E-state index contributed by atoms with van der Waals surface area (Å²) in [5.74, 6) is 0.214. The number of anilines is 1. The third-order valence-corrected chi connectivity index (χ3v) is 5.88. The quantitative estimate of drug-likeness (QED) is 0.847. The molecule has 0 aromatic heterocycles. The maximum Gasteiger partial charge on any atom is 0.262 e. The minimum atomic E-state index is -3.89. The SMILES string of the molecule is COc1ccccc1NS(=O)(=O)c1cc(C(=O)N2CCOCC2)ccc1C. The highest BCUT2D eigenvalue weighted by atomic mass is 32.2. The number of carbonyl (C=O) groups is 1. The number of morpholine rings is 1. The maximum absolute atomic E-state index is 12.9. The van der Waals surface area contributed by atoms with E-state index in [1.54, 1.807) is 48.2 Å². The van der Waals surface area contributed by atoms with Gasteiger partial charge in [0.1, 0.15) is 5.75 Å². The zero-order valence-electron chi connectivity index (χ0n) is 15.3. The molecule has 144 valence electrons. The van der Waals surface area contributed by atoms with Gasteiger partial charge in [-0.05, 0) is 36.8 Å². The van der Waals surface area contributed by atoms with Gasteiger partial charge in [0, 0.05) is 18.7 Å². The lowest BCUT2D eigenvalue weighted by atomic mass is 10.1. The molecule has 1 aliphatic rings. The van der Waals surface area contributed by atoms with Crippen LogP contribution in [0, 0.1) is 6.92 Å². The van der Waals surface area contributed by atoms with Crippen LogP contribution in [0.2, 0.25) is 0 Å². The molecular weight excluding hydrogens is 368 g/mol. The van der Waals surface area contributed by atoms with Crippen molar-refractivity contribution in [2.24, 2.45) is 0 Å². The lowest BCUT2D eigenvalue weighted by molar-refractivity contribution is 0.0302. The Morgan fingerprint density at radius 3 is 2.56 bits per heavy atom. The van der Waals surface area contributed by atoms with Crippen LogP contribution in [0.5, 0.6) is 5.75 Å². The Labute approximate surface area is 158 Å². The first-order valence-corrected chi connectivity index (χ1v) is 10.0. The Hall–Kier alpha value is -2.58. The van der Waals surface area contributed by atoms with Gasteiger partial charge in [0.25, 0.3) is 15.9 Å². The number of sulfonamides is 1. The maximum atomic E-state index is 12.9. The number of hydrogen-bond acceptors (Lipinski definition) is 5. The molecule has 27 heavy (non-hydrogen) atoms. The van der Waals surface area contributed by atoms with Crippen molar-refractivity contribution in [3.63, 3.8) is 0 Å². The number of ether oxygens (including phenoxy) is 2. The summed E-state index contributed by atoms with van der Waals surface area (Å²) in [7, 11) is -2.42. The van der Waals surface area contributed by atoms with Crippen LogP contribution < -0.4 is 9.46 Å². The second-order valence-corrected chi connectivity index (χ2v) is 7.84. The number of hydrogen-bond donors (Lipinski definition) is 1. The fourth-order valence-corrected chi connectivity index (χ4v) is 4.24. The number of methoxy groups -OCH3 is 1. The molecular formula is C19H22N2O5S. The molecule has 0 aliphatic carbocycles. The van der Waals surface area contributed by atoms with Crippen LogP contribution in [-0.2, 0) is 14.8 Å². The first kappa shape index (κ1) is 19.2. The summed E-state index contributed by atoms with van der Waals surface area (Å²) >= 11 is 0. The largest absolute Gasteiger partial charge is 0.495 e. The summed E-state index contributed by atoms with van der Waals surface area (Å²) in [6.45, 7) is 3.65. The Morgan fingerprint density at radius 1 is 1.15 bits per heavy atom. The molecule has 1 amide bonds. The molecule has 0 atom stereocenters. The van der Waals surface area contributed by atoms with Gasteiger partial charge < -0.3 is 14.4 Å². The predicted octanol–water partition coefficient (Wildman–Crippen LogP) is 2.28. The summed E-state index contributed by atoms with van der Waals surface area (Å²) < 4.78 is 38.9. The molecule has 0 unspecified atom stereocenters. The smallest absolute Gasteiger partial charge is 0.262 e. The summed E-state index contributed by atoms with van der Waals surface area (Å²) in [5.41, 5.74) is 1.23. The van der Waals surface area contributed by atoms with E-state index in [0.717, 1.165) is 0 Å². The molecule has 1 heterocycles. The van der Waals surface area contributed by atoms with Crippen molar-refractivity contribution in [3.8, 4) is 5.75 Å². The highest BCUT2D eigenvalue weighted by Gasteiger charge is 2.23. The minimum Gasteiger partial charge on any atom is -0.495 e. The van der Waals surface area contributed by atoms with Crippen LogP contribution in [-0.4, -0.2) is 52.6 Å². The number of nitrogens with zero attached hydrogens (tertiary/aromatic N) is 1. The fourth-order valence-electron chi connectivity index (χ4n) is 2.90. The van der Waals surface area contributed by atoms with E-state index in [4.69, 9.17) is 9.47 Å². The number of nitrogens with one attached hydrogen (secondary N) is 1. The average Bonchev–Trinajstić information content (AvgIpc) is 2.68. The van der Waals surface area contributed by atoms with Gasteiger partial charge in [-0.1, -0.05) is 18.2 Å². The average molecular weight is 390 g/mol. The van der Waals surface area contributed by atoms with Gasteiger partial charge in [0.2, 0.25) is 0 Å². The molecule has 0 radical (unpaired) electrons. The monoisotopic (exact) mass is 390 g/mol. The van der Waals surface area contributed by atoms with Crippen molar-refractivity contribution in [2.75, 3.05) is 38.1 Å². The zero-order valence-corrected chi connectivity index (χ0v) is 16.1. The molecule has 0 spiro atoms. The Balaban J connectivity index is 1.92. The van der Waals surface area contributed by atoms with E-state index < -0.39 is 10.0 Å².